The van der Waals surface area contributed by atoms with E-state index in [1.165, 1.54) is 0 Å². The Kier molecular flexibility index (Phi) is 8.65. The molecule has 1 aromatic heterocycles. The van der Waals surface area contributed by atoms with E-state index in [4.69, 9.17) is 5.73 Å². The fourth-order valence-corrected chi connectivity index (χ4v) is 3.57. The summed E-state index contributed by atoms with van der Waals surface area (Å²) < 4.78 is 0. The molecule has 0 aromatic carbocycles. The van der Waals surface area contributed by atoms with Crippen LogP contribution in [-0.2, 0) is 11.3 Å². The molecule has 0 aliphatic carbocycles. The molecule has 3 N–H and O–H groups in total. The van der Waals surface area contributed by atoms with Crippen LogP contribution < -0.4 is 11.1 Å². The quantitative estimate of drug-likeness (QED) is 0.362. The van der Waals surface area contributed by atoms with Crippen molar-refractivity contribution in [2.75, 3.05) is 19.6 Å². The van der Waals surface area contributed by atoms with Crippen LogP contribution in [0, 0.1) is 0 Å². The highest BCUT2D eigenvalue weighted by atomic mass is 127. The first-order valence-corrected chi connectivity index (χ1v) is 9.26. The van der Waals surface area contributed by atoms with Gasteiger partial charge < -0.3 is 20.9 Å². The smallest absolute Gasteiger partial charge is 0.267 e. The number of nitrogens with one attached hydrogen (secondary N) is 1. The molecular weight excluding hydrogens is 471 g/mol. The molecule has 28 heavy (non-hydrogen) atoms. The molecule has 1 saturated heterocycles. The number of aromatic nitrogens is 1. The van der Waals surface area contributed by atoms with Gasteiger partial charge in [-0.2, -0.15) is 0 Å². The lowest BCUT2D eigenvalue weighted by Crippen LogP contribution is -2.66. The van der Waals surface area contributed by atoms with Crippen LogP contribution in [0.4, 0.5) is 0 Å². The summed E-state index contributed by atoms with van der Waals surface area (Å²) in [6.07, 6.45) is 1.60. The molecule has 1 aromatic rings. The second-order valence-corrected chi connectivity index (χ2v) is 7.61. The minimum Gasteiger partial charge on any atom is -0.364 e. The van der Waals surface area contributed by atoms with E-state index < -0.39 is 5.91 Å². The largest absolute Gasteiger partial charge is 0.364 e. The zero-order chi connectivity index (χ0) is 20.2. The van der Waals surface area contributed by atoms with Crippen molar-refractivity contribution in [1.29, 1.82) is 0 Å². The van der Waals surface area contributed by atoms with Gasteiger partial charge in [0.25, 0.3) is 5.91 Å². The van der Waals surface area contributed by atoms with Gasteiger partial charge in [-0.1, -0.05) is 6.07 Å². The van der Waals surface area contributed by atoms with Crippen molar-refractivity contribution in [1.82, 2.24) is 20.1 Å². The molecule has 1 aliphatic rings. The maximum atomic E-state index is 12.7. The van der Waals surface area contributed by atoms with Crippen LogP contribution in [0.3, 0.4) is 0 Å². The number of primary amides is 1. The van der Waals surface area contributed by atoms with E-state index in [-0.39, 0.29) is 47.2 Å². The fraction of sp³-hybridized carbons (Fsp3) is 0.579. The number of carbonyl (C=O) groups excluding carboxylic acids is 2. The third kappa shape index (κ3) is 5.79. The molecule has 2 rings (SSSR count). The van der Waals surface area contributed by atoms with E-state index in [0.717, 1.165) is 5.56 Å². The first-order valence-electron chi connectivity index (χ1n) is 9.26. The molecular formula is C19H31IN6O2. The summed E-state index contributed by atoms with van der Waals surface area (Å²) in [5.74, 6) is 0.239. The molecule has 0 saturated carbocycles. The van der Waals surface area contributed by atoms with Gasteiger partial charge in [0.1, 0.15) is 5.69 Å². The average Bonchev–Trinajstić information content (AvgIpc) is 2.57. The zero-order valence-electron chi connectivity index (χ0n) is 17.2. The SMILES string of the molecule is CCNC(=NCc1ccc(C(N)=O)nc1)N1CC(=O)N(C(C)C)C(C)(C)C1.I. The third-order valence-corrected chi connectivity index (χ3v) is 4.46. The Balaban J connectivity index is 0.00000392. The molecule has 1 aliphatic heterocycles. The number of piperazine rings is 1. The Hall–Kier alpha value is -1.91. The molecule has 0 bridgehead atoms. The van der Waals surface area contributed by atoms with Crippen LogP contribution in [0.25, 0.3) is 0 Å². The first kappa shape index (κ1) is 24.1. The highest BCUT2D eigenvalue weighted by Gasteiger charge is 2.40. The molecule has 9 heteroatoms. The summed E-state index contributed by atoms with van der Waals surface area (Å²) in [6.45, 7) is 12.3. The van der Waals surface area contributed by atoms with E-state index in [9.17, 15) is 9.59 Å². The summed E-state index contributed by atoms with van der Waals surface area (Å²) in [6, 6.07) is 3.53. The molecule has 156 valence electrons. The van der Waals surface area contributed by atoms with Gasteiger partial charge in [0.2, 0.25) is 5.91 Å². The number of halogens is 1. The van der Waals surface area contributed by atoms with Crippen molar-refractivity contribution >= 4 is 41.8 Å². The van der Waals surface area contributed by atoms with Gasteiger partial charge in [0, 0.05) is 25.3 Å². The Labute approximate surface area is 184 Å². The van der Waals surface area contributed by atoms with Crippen molar-refractivity contribution in [2.45, 2.75) is 52.7 Å². The van der Waals surface area contributed by atoms with E-state index in [2.05, 4.69) is 29.1 Å². The van der Waals surface area contributed by atoms with Gasteiger partial charge in [-0.05, 0) is 46.2 Å². The number of rotatable bonds is 5. The van der Waals surface area contributed by atoms with Gasteiger partial charge in [-0.3, -0.25) is 14.6 Å². The van der Waals surface area contributed by atoms with Gasteiger partial charge >= 0.3 is 0 Å². The molecule has 2 amide bonds. The lowest BCUT2D eigenvalue weighted by molar-refractivity contribution is -0.145. The molecule has 0 radical (unpaired) electrons. The normalized spacial score (nSPS) is 16.8. The van der Waals surface area contributed by atoms with Crippen molar-refractivity contribution < 1.29 is 9.59 Å². The number of carbonyl (C=O) groups is 2. The molecule has 0 unspecified atom stereocenters. The lowest BCUT2D eigenvalue weighted by atomic mass is 9.96. The number of nitrogens with two attached hydrogens (primary N) is 1. The van der Waals surface area contributed by atoms with E-state index in [1.54, 1.807) is 18.3 Å². The highest BCUT2D eigenvalue weighted by Crippen LogP contribution is 2.24. The summed E-state index contributed by atoms with van der Waals surface area (Å²) in [5.41, 5.74) is 6.02. The average molecular weight is 502 g/mol. The minimum absolute atomic E-state index is 0. The molecule has 2 heterocycles. The first-order chi connectivity index (χ1) is 12.7. The molecule has 0 spiro atoms. The van der Waals surface area contributed by atoms with Crippen LogP contribution in [0.2, 0.25) is 0 Å². The van der Waals surface area contributed by atoms with Crippen molar-refractivity contribution in [2.24, 2.45) is 10.7 Å². The predicted octanol–water partition coefficient (Wildman–Crippen LogP) is 1.60. The summed E-state index contributed by atoms with van der Waals surface area (Å²) >= 11 is 0. The monoisotopic (exact) mass is 502 g/mol. The Morgan fingerprint density at radius 2 is 2.07 bits per heavy atom. The Morgan fingerprint density at radius 3 is 2.54 bits per heavy atom. The van der Waals surface area contributed by atoms with Gasteiger partial charge in [0.05, 0.1) is 18.6 Å². The number of guanidine groups is 1. The third-order valence-electron chi connectivity index (χ3n) is 4.46. The van der Waals surface area contributed by atoms with Crippen LogP contribution in [0.15, 0.2) is 23.3 Å². The van der Waals surface area contributed by atoms with Crippen LogP contribution in [0.1, 0.15) is 50.7 Å². The van der Waals surface area contributed by atoms with E-state index >= 15 is 0 Å². The second kappa shape index (κ2) is 10.0. The van der Waals surface area contributed by atoms with Crippen LogP contribution in [0.5, 0.6) is 0 Å². The summed E-state index contributed by atoms with van der Waals surface area (Å²) in [4.78, 5) is 36.4. The number of pyridine rings is 1. The van der Waals surface area contributed by atoms with Crippen molar-refractivity contribution in [3.8, 4) is 0 Å². The summed E-state index contributed by atoms with van der Waals surface area (Å²) in [7, 11) is 0. The fourth-order valence-electron chi connectivity index (χ4n) is 3.57. The van der Waals surface area contributed by atoms with Gasteiger partial charge in [0.15, 0.2) is 5.96 Å². The van der Waals surface area contributed by atoms with Crippen LogP contribution >= 0.6 is 24.0 Å². The molecule has 8 nitrogen and oxygen atoms in total. The second-order valence-electron chi connectivity index (χ2n) is 7.61. The number of nitrogens with zero attached hydrogens (tertiary/aromatic N) is 4. The number of hydrogen-bond donors (Lipinski definition) is 2. The minimum atomic E-state index is -0.554. The highest BCUT2D eigenvalue weighted by molar-refractivity contribution is 14.0. The van der Waals surface area contributed by atoms with E-state index in [0.29, 0.717) is 32.1 Å². The van der Waals surface area contributed by atoms with Crippen molar-refractivity contribution in [3.05, 3.63) is 29.6 Å². The van der Waals surface area contributed by atoms with Crippen molar-refractivity contribution in [3.63, 3.8) is 0 Å². The number of amides is 2. The molecule has 0 atom stereocenters. The lowest BCUT2D eigenvalue weighted by Gasteiger charge is -2.49. The van der Waals surface area contributed by atoms with Gasteiger partial charge in [-0.15, -0.1) is 24.0 Å². The molecule has 1 fully saturated rings. The number of aliphatic imine (C=N–C) groups is 1. The Morgan fingerprint density at radius 1 is 1.39 bits per heavy atom. The Bertz CT molecular complexity index is 718. The predicted molar refractivity (Wildman–Crippen MR) is 121 cm³/mol. The number of hydrogen-bond acceptors (Lipinski definition) is 4. The van der Waals surface area contributed by atoms with E-state index in [1.807, 2.05) is 30.6 Å². The maximum Gasteiger partial charge on any atom is 0.267 e. The maximum absolute atomic E-state index is 12.7. The zero-order valence-corrected chi connectivity index (χ0v) is 19.6. The summed E-state index contributed by atoms with van der Waals surface area (Å²) in [5, 5.41) is 3.27. The standard InChI is InChI=1S/C19H30N6O2.HI/c1-6-21-18(23-10-14-7-8-15(17(20)27)22-9-14)24-11-16(26)25(13(2)3)19(4,5)12-24;/h7-9,13H,6,10-12H2,1-5H3,(H2,20,27)(H,21,23);1H. The van der Waals surface area contributed by atoms with Crippen LogP contribution in [-0.4, -0.2) is 63.8 Å². The van der Waals surface area contributed by atoms with Gasteiger partial charge in [-0.25, -0.2) is 4.99 Å². The topological polar surface area (TPSA) is 104 Å².